The topological polar surface area (TPSA) is 42.2 Å². The third-order valence-corrected chi connectivity index (χ3v) is 7.24. The SMILES string of the molecule is C[N+](C)(Cc1ccc(CNC(=O)c2cc(-c3ccc(Cl)cc3)oc2C(F)(F)F)cc1)C1CCCCC1. The van der Waals surface area contributed by atoms with E-state index in [1.807, 2.05) is 24.3 Å². The van der Waals surface area contributed by atoms with Gasteiger partial charge in [0.05, 0.1) is 25.7 Å². The quantitative estimate of drug-likeness (QED) is 0.329. The van der Waals surface area contributed by atoms with Crippen LogP contribution in [-0.4, -0.2) is 30.5 Å². The number of rotatable bonds is 7. The lowest BCUT2D eigenvalue weighted by molar-refractivity contribution is -0.929. The fourth-order valence-corrected chi connectivity index (χ4v) is 5.07. The molecule has 2 aromatic carbocycles. The number of benzene rings is 2. The van der Waals surface area contributed by atoms with Crippen molar-refractivity contribution in [3.05, 3.63) is 82.1 Å². The van der Waals surface area contributed by atoms with E-state index in [1.54, 1.807) is 24.3 Å². The van der Waals surface area contributed by atoms with E-state index in [4.69, 9.17) is 16.0 Å². The highest BCUT2D eigenvalue weighted by Crippen LogP contribution is 2.37. The van der Waals surface area contributed by atoms with Crippen LogP contribution in [0.1, 0.15) is 59.3 Å². The van der Waals surface area contributed by atoms with Crippen LogP contribution < -0.4 is 5.32 Å². The van der Waals surface area contributed by atoms with E-state index in [2.05, 4.69) is 19.4 Å². The Morgan fingerprint density at radius 1 is 1.00 bits per heavy atom. The summed E-state index contributed by atoms with van der Waals surface area (Å²) in [5.74, 6) is -2.21. The van der Waals surface area contributed by atoms with Crippen LogP contribution in [0.3, 0.4) is 0 Å². The first kappa shape index (κ1) is 26.3. The monoisotopic (exact) mass is 519 g/mol. The molecule has 36 heavy (non-hydrogen) atoms. The van der Waals surface area contributed by atoms with Crippen molar-refractivity contribution in [1.29, 1.82) is 0 Å². The lowest BCUT2D eigenvalue weighted by Gasteiger charge is -2.40. The van der Waals surface area contributed by atoms with Gasteiger partial charge in [0.2, 0.25) is 5.76 Å². The van der Waals surface area contributed by atoms with E-state index in [0.717, 1.165) is 22.7 Å². The van der Waals surface area contributed by atoms with E-state index in [0.29, 0.717) is 16.6 Å². The van der Waals surface area contributed by atoms with E-state index < -0.39 is 23.4 Å². The molecule has 0 spiro atoms. The molecule has 1 fully saturated rings. The van der Waals surface area contributed by atoms with Crippen molar-refractivity contribution in [1.82, 2.24) is 5.32 Å². The maximum Gasteiger partial charge on any atom is 0.450 e. The zero-order valence-corrected chi connectivity index (χ0v) is 21.3. The molecule has 4 nitrogen and oxygen atoms in total. The lowest BCUT2D eigenvalue weighted by atomic mass is 9.92. The molecule has 0 atom stereocenters. The molecule has 3 aromatic rings. The van der Waals surface area contributed by atoms with Crippen molar-refractivity contribution in [2.45, 2.75) is 57.4 Å². The summed E-state index contributed by atoms with van der Waals surface area (Å²) >= 11 is 5.86. The first-order chi connectivity index (χ1) is 17.0. The van der Waals surface area contributed by atoms with Crippen molar-refractivity contribution in [3.63, 3.8) is 0 Å². The van der Waals surface area contributed by atoms with Crippen LogP contribution in [0.15, 0.2) is 59.0 Å². The molecule has 8 heteroatoms. The van der Waals surface area contributed by atoms with Gasteiger partial charge >= 0.3 is 6.18 Å². The van der Waals surface area contributed by atoms with Crippen molar-refractivity contribution < 1.29 is 26.9 Å². The van der Waals surface area contributed by atoms with Crippen LogP contribution in [0, 0.1) is 0 Å². The molecule has 1 amide bonds. The summed E-state index contributed by atoms with van der Waals surface area (Å²) in [6.07, 6.45) is 1.61. The summed E-state index contributed by atoms with van der Waals surface area (Å²) < 4.78 is 46.7. The number of nitrogens with zero attached hydrogens (tertiary/aromatic N) is 1. The summed E-state index contributed by atoms with van der Waals surface area (Å²) in [4.78, 5) is 12.7. The second-order valence-corrected chi connectivity index (χ2v) is 10.5. The number of carbonyl (C=O) groups excluding carboxylic acids is 1. The van der Waals surface area contributed by atoms with Gasteiger partial charge in [-0.15, -0.1) is 0 Å². The van der Waals surface area contributed by atoms with Gasteiger partial charge in [-0.2, -0.15) is 13.2 Å². The molecule has 1 N–H and O–H groups in total. The van der Waals surface area contributed by atoms with Gasteiger partial charge in [-0.25, -0.2) is 0 Å². The molecule has 0 aliphatic heterocycles. The van der Waals surface area contributed by atoms with Gasteiger partial charge in [0, 0.05) is 22.7 Å². The van der Waals surface area contributed by atoms with Crippen molar-refractivity contribution in [3.8, 4) is 11.3 Å². The summed E-state index contributed by atoms with van der Waals surface area (Å²) in [6, 6.07) is 15.8. The highest BCUT2D eigenvalue weighted by molar-refractivity contribution is 6.30. The number of halogens is 4. The zero-order chi connectivity index (χ0) is 25.9. The smallest absolute Gasteiger partial charge is 0.450 e. The Bertz CT molecular complexity index is 1180. The van der Waals surface area contributed by atoms with Gasteiger partial charge < -0.3 is 14.2 Å². The molecular weight excluding hydrogens is 489 g/mol. The summed E-state index contributed by atoms with van der Waals surface area (Å²) in [5.41, 5.74) is 1.86. The number of nitrogens with one attached hydrogen (secondary N) is 1. The molecular formula is C28H31ClF3N2O2+. The van der Waals surface area contributed by atoms with Gasteiger partial charge in [0.25, 0.3) is 5.91 Å². The van der Waals surface area contributed by atoms with E-state index in [1.165, 1.54) is 37.7 Å². The predicted molar refractivity (Wildman–Crippen MR) is 134 cm³/mol. The van der Waals surface area contributed by atoms with E-state index >= 15 is 0 Å². The number of furan rings is 1. The maximum atomic E-state index is 13.6. The number of quaternary nitrogens is 1. The Balaban J connectivity index is 1.42. The Labute approximate surface area is 214 Å². The minimum Gasteiger partial charge on any atom is -0.451 e. The van der Waals surface area contributed by atoms with Crippen molar-refractivity contribution >= 4 is 17.5 Å². The molecule has 1 heterocycles. The lowest BCUT2D eigenvalue weighted by Crippen LogP contribution is -2.48. The molecule has 192 valence electrons. The van der Waals surface area contributed by atoms with E-state index in [9.17, 15) is 18.0 Å². The second kappa shape index (κ2) is 10.7. The van der Waals surface area contributed by atoms with Gasteiger partial charge in [0.15, 0.2) is 0 Å². The Morgan fingerprint density at radius 2 is 1.61 bits per heavy atom. The molecule has 1 aliphatic rings. The van der Waals surface area contributed by atoms with Crippen LogP contribution in [0.4, 0.5) is 13.2 Å². The van der Waals surface area contributed by atoms with Gasteiger partial charge in [-0.1, -0.05) is 42.3 Å². The zero-order valence-electron chi connectivity index (χ0n) is 20.5. The van der Waals surface area contributed by atoms with E-state index in [-0.39, 0.29) is 12.3 Å². The second-order valence-electron chi connectivity index (χ2n) is 10.1. The maximum absolute atomic E-state index is 13.6. The third kappa shape index (κ3) is 6.31. The minimum absolute atomic E-state index is 0.0489. The van der Waals surface area contributed by atoms with Crippen LogP contribution in [0.25, 0.3) is 11.3 Å². The Kier molecular flexibility index (Phi) is 7.81. The van der Waals surface area contributed by atoms with Crippen LogP contribution in [-0.2, 0) is 19.3 Å². The Morgan fingerprint density at radius 3 is 2.22 bits per heavy atom. The standard InChI is InChI=1S/C28H30ClF3N2O2/c1-34(2,23-6-4-3-5-7-23)18-20-10-8-19(9-11-20)17-33-27(35)24-16-25(36-26(24)28(30,31)32)21-12-14-22(29)15-13-21/h8-16,23H,3-7,17-18H2,1-2H3/p+1. The van der Waals surface area contributed by atoms with Crippen LogP contribution >= 0.6 is 11.6 Å². The first-order valence-corrected chi connectivity index (χ1v) is 12.6. The molecule has 0 unspecified atom stereocenters. The number of hydrogen-bond acceptors (Lipinski definition) is 2. The number of alkyl halides is 3. The van der Waals surface area contributed by atoms with Gasteiger partial charge in [-0.05, 0) is 61.6 Å². The highest BCUT2D eigenvalue weighted by Gasteiger charge is 2.40. The fourth-order valence-electron chi connectivity index (χ4n) is 4.95. The largest absolute Gasteiger partial charge is 0.451 e. The van der Waals surface area contributed by atoms with Crippen molar-refractivity contribution in [2.24, 2.45) is 0 Å². The third-order valence-electron chi connectivity index (χ3n) is 6.99. The first-order valence-electron chi connectivity index (χ1n) is 12.2. The number of carbonyl (C=O) groups is 1. The van der Waals surface area contributed by atoms with Crippen LogP contribution in [0.2, 0.25) is 5.02 Å². The average Bonchev–Trinajstić information content (AvgIpc) is 3.31. The summed E-state index contributed by atoms with van der Waals surface area (Å²) in [6.45, 7) is 1.02. The summed E-state index contributed by atoms with van der Waals surface area (Å²) in [5, 5.41) is 3.04. The number of hydrogen-bond donors (Lipinski definition) is 1. The molecule has 0 radical (unpaired) electrons. The normalized spacial score (nSPS) is 15.2. The summed E-state index contributed by atoms with van der Waals surface area (Å²) in [7, 11) is 4.54. The molecule has 0 bridgehead atoms. The number of amides is 1. The van der Waals surface area contributed by atoms with Gasteiger partial charge in [-0.3, -0.25) is 4.79 Å². The highest BCUT2D eigenvalue weighted by atomic mass is 35.5. The Hall–Kier alpha value is -2.77. The fraction of sp³-hybridized carbons (Fsp3) is 0.393. The molecule has 1 aliphatic carbocycles. The molecule has 4 rings (SSSR count). The average molecular weight is 520 g/mol. The minimum atomic E-state index is -4.80. The van der Waals surface area contributed by atoms with Gasteiger partial charge in [0.1, 0.15) is 12.3 Å². The molecule has 1 saturated carbocycles. The van der Waals surface area contributed by atoms with Crippen LogP contribution in [0.5, 0.6) is 0 Å². The predicted octanol–water partition coefficient (Wildman–Crippen LogP) is 7.46. The van der Waals surface area contributed by atoms with Crippen molar-refractivity contribution in [2.75, 3.05) is 14.1 Å². The molecule has 0 saturated heterocycles. The molecule has 1 aromatic heterocycles.